The third-order valence-electron chi connectivity index (χ3n) is 2.43. The molecule has 16 heavy (non-hydrogen) atoms. The Kier molecular flexibility index (Phi) is 5.14. The van der Waals surface area contributed by atoms with Crippen molar-refractivity contribution in [3.8, 4) is 0 Å². The number of aryl methyl sites for hydroxylation is 1. The molecule has 1 aromatic heterocycles. The van der Waals surface area contributed by atoms with Crippen LogP contribution in [0.4, 0.5) is 0 Å². The minimum absolute atomic E-state index is 0.573. The molecule has 90 valence electrons. The van der Waals surface area contributed by atoms with Crippen molar-refractivity contribution in [2.45, 2.75) is 20.4 Å². The van der Waals surface area contributed by atoms with Crippen LogP contribution < -0.4 is 0 Å². The van der Waals surface area contributed by atoms with Crippen LogP contribution in [-0.4, -0.2) is 43.0 Å². The van der Waals surface area contributed by atoms with Gasteiger partial charge in [-0.2, -0.15) is 5.10 Å². The monoisotopic (exact) mass is 226 g/mol. The molecule has 1 heterocycles. The van der Waals surface area contributed by atoms with Crippen molar-refractivity contribution >= 4 is 6.29 Å². The van der Waals surface area contributed by atoms with Crippen molar-refractivity contribution in [3.63, 3.8) is 0 Å². The molecule has 1 rings (SSSR count). The first-order chi connectivity index (χ1) is 7.70. The molecule has 0 bridgehead atoms. The predicted molar refractivity (Wildman–Crippen MR) is 59.8 cm³/mol. The zero-order valence-corrected chi connectivity index (χ0v) is 10.0. The van der Waals surface area contributed by atoms with Gasteiger partial charge in [0.05, 0.1) is 37.6 Å². The van der Waals surface area contributed by atoms with Crippen molar-refractivity contribution in [3.05, 3.63) is 17.0 Å². The summed E-state index contributed by atoms with van der Waals surface area (Å²) in [6.45, 7) is 6.12. The van der Waals surface area contributed by atoms with Gasteiger partial charge in [0, 0.05) is 12.8 Å². The third kappa shape index (κ3) is 3.15. The number of carbonyl (C=O) groups excluding carboxylic acids is 1. The van der Waals surface area contributed by atoms with Crippen LogP contribution in [0.5, 0.6) is 0 Å². The smallest absolute Gasteiger partial charge is 0.153 e. The lowest BCUT2D eigenvalue weighted by atomic mass is 10.2. The Labute approximate surface area is 95.3 Å². The van der Waals surface area contributed by atoms with E-state index in [-0.39, 0.29) is 0 Å². The molecular formula is C11H18N2O3. The molecule has 0 amide bonds. The molecule has 0 aliphatic heterocycles. The molecular weight excluding hydrogens is 208 g/mol. The highest BCUT2D eigenvalue weighted by Crippen LogP contribution is 2.09. The van der Waals surface area contributed by atoms with Crippen LogP contribution in [-0.2, 0) is 16.0 Å². The number of aldehydes is 1. The molecule has 0 aliphatic carbocycles. The second kappa shape index (κ2) is 6.40. The average Bonchev–Trinajstić information content (AvgIpc) is 2.53. The summed E-state index contributed by atoms with van der Waals surface area (Å²) >= 11 is 0. The van der Waals surface area contributed by atoms with Gasteiger partial charge in [0.1, 0.15) is 0 Å². The Hall–Kier alpha value is -1.20. The van der Waals surface area contributed by atoms with E-state index in [0.29, 0.717) is 31.9 Å². The Bertz CT molecular complexity index is 347. The molecule has 0 aliphatic rings. The van der Waals surface area contributed by atoms with E-state index in [0.717, 1.165) is 17.7 Å². The Morgan fingerprint density at radius 1 is 1.31 bits per heavy atom. The highest BCUT2D eigenvalue weighted by Gasteiger charge is 2.09. The van der Waals surface area contributed by atoms with E-state index < -0.39 is 0 Å². The molecule has 1 aromatic rings. The van der Waals surface area contributed by atoms with E-state index in [1.165, 1.54) is 0 Å². The summed E-state index contributed by atoms with van der Waals surface area (Å²) in [7, 11) is 1.64. The molecule has 0 aromatic carbocycles. The Morgan fingerprint density at radius 3 is 2.62 bits per heavy atom. The van der Waals surface area contributed by atoms with Gasteiger partial charge in [-0.25, -0.2) is 0 Å². The highest BCUT2D eigenvalue weighted by molar-refractivity contribution is 5.77. The molecule has 0 saturated heterocycles. The van der Waals surface area contributed by atoms with Gasteiger partial charge in [0.25, 0.3) is 0 Å². The molecule has 0 saturated carbocycles. The van der Waals surface area contributed by atoms with Gasteiger partial charge in [-0.1, -0.05) is 0 Å². The second-order valence-corrected chi connectivity index (χ2v) is 3.53. The number of hydrogen-bond acceptors (Lipinski definition) is 4. The minimum atomic E-state index is 0.573. The first kappa shape index (κ1) is 12.9. The van der Waals surface area contributed by atoms with Crippen molar-refractivity contribution in [1.29, 1.82) is 0 Å². The van der Waals surface area contributed by atoms with Gasteiger partial charge >= 0.3 is 0 Å². The van der Waals surface area contributed by atoms with Crippen molar-refractivity contribution in [1.82, 2.24) is 9.78 Å². The fraction of sp³-hybridized carbons (Fsp3) is 0.636. The number of ether oxygens (including phenoxy) is 2. The number of methoxy groups -OCH3 is 1. The molecule has 5 nitrogen and oxygen atoms in total. The van der Waals surface area contributed by atoms with Gasteiger partial charge < -0.3 is 9.47 Å². The van der Waals surface area contributed by atoms with Crippen molar-refractivity contribution < 1.29 is 14.3 Å². The van der Waals surface area contributed by atoms with Gasteiger partial charge in [0.2, 0.25) is 0 Å². The lowest BCUT2D eigenvalue weighted by molar-refractivity contribution is 0.0651. The van der Waals surface area contributed by atoms with Gasteiger partial charge in [-0.05, 0) is 13.8 Å². The molecule has 0 radical (unpaired) electrons. The normalized spacial score (nSPS) is 10.7. The highest BCUT2D eigenvalue weighted by atomic mass is 16.5. The second-order valence-electron chi connectivity index (χ2n) is 3.53. The van der Waals surface area contributed by atoms with E-state index in [4.69, 9.17) is 9.47 Å². The molecule has 0 unspecified atom stereocenters. The molecule has 5 heteroatoms. The van der Waals surface area contributed by atoms with E-state index in [1.807, 2.05) is 13.8 Å². The maximum absolute atomic E-state index is 10.8. The van der Waals surface area contributed by atoms with Crippen LogP contribution >= 0.6 is 0 Å². The third-order valence-corrected chi connectivity index (χ3v) is 2.43. The minimum Gasteiger partial charge on any atom is -0.382 e. The zero-order chi connectivity index (χ0) is 12.0. The maximum atomic E-state index is 10.8. The standard InChI is InChI=1S/C11H18N2O3/c1-9-11(8-14)10(2)13(12-9)4-5-16-7-6-15-3/h8H,4-7H2,1-3H3. The largest absolute Gasteiger partial charge is 0.382 e. The topological polar surface area (TPSA) is 53.4 Å². The van der Waals surface area contributed by atoms with E-state index in [2.05, 4.69) is 5.10 Å². The molecule has 0 fully saturated rings. The number of aromatic nitrogens is 2. The van der Waals surface area contributed by atoms with Crippen molar-refractivity contribution in [2.24, 2.45) is 0 Å². The fourth-order valence-corrected chi connectivity index (χ4v) is 1.49. The predicted octanol–water partition coefficient (Wildman–Crippen LogP) is 0.975. The van der Waals surface area contributed by atoms with Crippen LogP contribution in [0.25, 0.3) is 0 Å². The number of rotatable bonds is 7. The van der Waals surface area contributed by atoms with E-state index >= 15 is 0 Å². The quantitative estimate of drug-likeness (QED) is 0.513. The van der Waals surface area contributed by atoms with Gasteiger partial charge in [-0.3, -0.25) is 9.48 Å². The summed E-state index contributed by atoms with van der Waals surface area (Å²) in [4.78, 5) is 10.8. The Balaban J connectivity index is 2.45. The van der Waals surface area contributed by atoms with Gasteiger partial charge in [0.15, 0.2) is 6.29 Å². The number of hydrogen-bond donors (Lipinski definition) is 0. The summed E-state index contributed by atoms with van der Waals surface area (Å²) < 4.78 is 12.0. The number of carbonyl (C=O) groups is 1. The van der Waals surface area contributed by atoms with Crippen LogP contribution in [0.2, 0.25) is 0 Å². The SMILES string of the molecule is COCCOCCn1nc(C)c(C=O)c1C. The van der Waals surface area contributed by atoms with E-state index in [9.17, 15) is 4.79 Å². The Morgan fingerprint density at radius 2 is 2.06 bits per heavy atom. The van der Waals surface area contributed by atoms with Crippen LogP contribution in [0, 0.1) is 13.8 Å². The molecule has 0 atom stereocenters. The van der Waals surface area contributed by atoms with Crippen molar-refractivity contribution in [2.75, 3.05) is 26.9 Å². The lowest BCUT2D eigenvalue weighted by Crippen LogP contribution is -2.11. The molecule has 0 spiro atoms. The first-order valence-electron chi connectivity index (χ1n) is 5.26. The number of nitrogens with zero attached hydrogens (tertiary/aromatic N) is 2. The average molecular weight is 226 g/mol. The summed E-state index contributed by atoms with van der Waals surface area (Å²) in [5.74, 6) is 0. The van der Waals surface area contributed by atoms with E-state index in [1.54, 1.807) is 11.8 Å². The molecule has 0 N–H and O–H groups in total. The first-order valence-corrected chi connectivity index (χ1v) is 5.26. The summed E-state index contributed by atoms with van der Waals surface area (Å²) in [6.07, 6.45) is 0.847. The maximum Gasteiger partial charge on any atom is 0.153 e. The summed E-state index contributed by atoms with van der Waals surface area (Å²) in [5.41, 5.74) is 2.34. The summed E-state index contributed by atoms with van der Waals surface area (Å²) in [6, 6.07) is 0. The van der Waals surface area contributed by atoms with Crippen LogP contribution in [0.15, 0.2) is 0 Å². The van der Waals surface area contributed by atoms with Crippen LogP contribution in [0.1, 0.15) is 21.7 Å². The zero-order valence-electron chi connectivity index (χ0n) is 10.0. The van der Waals surface area contributed by atoms with Gasteiger partial charge in [-0.15, -0.1) is 0 Å². The van der Waals surface area contributed by atoms with Crippen LogP contribution in [0.3, 0.4) is 0 Å². The fourth-order valence-electron chi connectivity index (χ4n) is 1.49. The summed E-state index contributed by atoms with van der Waals surface area (Å²) in [5, 5.41) is 4.27. The lowest BCUT2D eigenvalue weighted by Gasteiger charge is -2.05.